The normalized spacial score (nSPS) is 10.6. The number of hydrogen-bond donors (Lipinski definition) is 1. The van der Waals surface area contributed by atoms with E-state index in [0.717, 1.165) is 18.4 Å². The highest BCUT2D eigenvalue weighted by Crippen LogP contribution is 2.34. The maximum Gasteiger partial charge on any atom is 0.308 e. The number of ether oxygens (including phenoxy) is 2. The molecule has 0 aliphatic rings. The van der Waals surface area contributed by atoms with Crippen LogP contribution in [0.25, 0.3) is 10.9 Å². The number of allylic oxidation sites excluding steroid dienone is 1. The predicted octanol–water partition coefficient (Wildman–Crippen LogP) is 3.65. The number of rotatable bonds is 7. The Bertz CT molecular complexity index is 893. The van der Waals surface area contributed by atoms with Crippen LogP contribution in [0, 0.1) is 0 Å². The third kappa shape index (κ3) is 4.45. The van der Waals surface area contributed by atoms with E-state index in [4.69, 9.17) is 15.2 Å². The first-order valence-corrected chi connectivity index (χ1v) is 8.75. The van der Waals surface area contributed by atoms with E-state index in [9.17, 15) is 9.59 Å². The summed E-state index contributed by atoms with van der Waals surface area (Å²) < 4.78 is 12.7. The van der Waals surface area contributed by atoms with Crippen LogP contribution >= 0.6 is 0 Å². The van der Waals surface area contributed by atoms with Crippen molar-refractivity contribution in [3.05, 3.63) is 40.2 Å². The Morgan fingerprint density at radius 2 is 1.96 bits per heavy atom. The molecule has 2 N–H and O–H groups in total. The average molecular weight is 358 g/mol. The first-order chi connectivity index (χ1) is 12.3. The van der Waals surface area contributed by atoms with Crippen molar-refractivity contribution >= 4 is 22.6 Å². The minimum atomic E-state index is -0.564. The molecule has 6 heteroatoms. The third-order valence-corrected chi connectivity index (χ3v) is 3.90. The second-order valence-electron chi connectivity index (χ2n) is 6.43. The Kier molecular flexibility index (Phi) is 6.44. The van der Waals surface area contributed by atoms with Crippen LogP contribution in [0.3, 0.4) is 0 Å². The molecule has 26 heavy (non-hydrogen) atoms. The molecule has 0 saturated heterocycles. The maximum atomic E-state index is 13.0. The van der Waals surface area contributed by atoms with Gasteiger partial charge in [0.15, 0.2) is 5.75 Å². The van der Waals surface area contributed by atoms with E-state index in [0.29, 0.717) is 23.1 Å². The lowest BCUT2D eigenvalue weighted by Crippen LogP contribution is -2.25. The highest BCUT2D eigenvalue weighted by Gasteiger charge is 2.21. The molecule has 0 aliphatic heterocycles. The Labute approximate surface area is 153 Å². The molecule has 6 nitrogen and oxygen atoms in total. The zero-order chi connectivity index (χ0) is 19.3. The Morgan fingerprint density at radius 1 is 1.23 bits per heavy atom. The Balaban J connectivity index is 2.73. The maximum absolute atomic E-state index is 13.0. The van der Waals surface area contributed by atoms with Gasteiger partial charge in [-0.1, -0.05) is 18.9 Å². The van der Waals surface area contributed by atoms with E-state index >= 15 is 0 Å². The number of aryl methyl sites for hydroxylation is 1. The largest absolute Gasteiger partial charge is 0.485 e. The van der Waals surface area contributed by atoms with E-state index in [-0.39, 0.29) is 23.7 Å². The summed E-state index contributed by atoms with van der Waals surface area (Å²) in [5, 5.41) is 0.688. The minimum Gasteiger partial charge on any atom is -0.485 e. The van der Waals surface area contributed by atoms with Gasteiger partial charge in [-0.15, -0.1) is 0 Å². The number of pyridine rings is 1. The van der Waals surface area contributed by atoms with Gasteiger partial charge >= 0.3 is 5.97 Å². The van der Waals surface area contributed by atoms with Crippen molar-refractivity contribution in [3.63, 3.8) is 0 Å². The molecule has 0 radical (unpaired) electrons. The molecule has 0 spiro atoms. The number of anilines is 1. The van der Waals surface area contributed by atoms with Crippen LogP contribution in [0.4, 0.5) is 5.69 Å². The van der Waals surface area contributed by atoms with Crippen molar-refractivity contribution in [1.82, 2.24) is 4.57 Å². The summed E-state index contributed by atoms with van der Waals surface area (Å²) in [6.45, 7) is 8.01. The van der Waals surface area contributed by atoms with E-state index in [1.54, 1.807) is 22.8 Å². The second kappa shape index (κ2) is 8.56. The van der Waals surface area contributed by atoms with Gasteiger partial charge in [-0.05, 0) is 44.5 Å². The zero-order valence-electron chi connectivity index (χ0n) is 15.8. The fourth-order valence-electron chi connectivity index (χ4n) is 2.62. The number of esters is 1. The van der Waals surface area contributed by atoms with Crippen molar-refractivity contribution in [3.8, 4) is 11.5 Å². The summed E-state index contributed by atoms with van der Waals surface area (Å²) in [5.41, 5.74) is 7.85. The fourth-order valence-corrected chi connectivity index (χ4v) is 2.62. The fraction of sp³-hybridized carbons (Fsp3) is 0.400. The summed E-state index contributed by atoms with van der Waals surface area (Å²) in [6.07, 6.45) is 3.64. The first kappa shape index (κ1) is 19.6. The molecule has 1 aromatic carbocycles. The smallest absolute Gasteiger partial charge is 0.308 e. The van der Waals surface area contributed by atoms with Crippen LogP contribution in [-0.4, -0.2) is 17.1 Å². The number of aromatic nitrogens is 1. The summed E-state index contributed by atoms with van der Waals surface area (Å²) in [5.74, 6) is -0.371. The van der Waals surface area contributed by atoms with Gasteiger partial charge in [-0.25, -0.2) is 0 Å². The van der Waals surface area contributed by atoms with Gasteiger partial charge in [0.05, 0.1) is 5.52 Å². The molecular formula is C20H26N2O4. The first-order valence-electron chi connectivity index (χ1n) is 8.75. The Hall–Kier alpha value is -2.76. The number of carbonyl (C=O) groups excluding carboxylic acids is 1. The van der Waals surface area contributed by atoms with Gasteiger partial charge in [-0.2, -0.15) is 0 Å². The van der Waals surface area contributed by atoms with E-state index in [2.05, 4.69) is 0 Å². The van der Waals surface area contributed by atoms with Gasteiger partial charge in [0.25, 0.3) is 5.56 Å². The summed E-state index contributed by atoms with van der Waals surface area (Å²) in [6, 6.07) is 5.28. The van der Waals surface area contributed by atoms with Crippen molar-refractivity contribution in [1.29, 1.82) is 0 Å². The summed E-state index contributed by atoms with van der Waals surface area (Å²) >= 11 is 0. The van der Waals surface area contributed by atoms with Crippen LogP contribution in [0.1, 0.15) is 40.5 Å². The van der Waals surface area contributed by atoms with Crippen molar-refractivity contribution in [2.75, 3.05) is 12.3 Å². The number of fused-ring (bicyclic) bond motifs is 1. The summed E-state index contributed by atoms with van der Waals surface area (Å²) in [7, 11) is 0. The number of benzene rings is 1. The lowest BCUT2D eigenvalue weighted by Gasteiger charge is -2.17. The number of hydrogen-bond acceptors (Lipinski definition) is 5. The second-order valence-corrected chi connectivity index (χ2v) is 6.43. The van der Waals surface area contributed by atoms with Gasteiger partial charge in [0.2, 0.25) is 5.75 Å². The highest BCUT2D eigenvalue weighted by atomic mass is 16.6. The molecule has 0 amide bonds. The molecule has 0 bridgehead atoms. The van der Waals surface area contributed by atoms with Gasteiger partial charge in [0.1, 0.15) is 6.61 Å². The molecule has 2 rings (SSSR count). The highest BCUT2D eigenvalue weighted by molar-refractivity contribution is 5.90. The van der Waals surface area contributed by atoms with Gasteiger partial charge in [0, 0.05) is 24.5 Å². The summed E-state index contributed by atoms with van der Waals surface area (Å²) in [4.78, 5) is 24.6. The topological polar surface area (TPSA) is 83.5 Å². The van der Waals surface area contributed by atoms with Gasteiger partial charge in [-0.3, -0.25) is 9.59 Å². The van der Waals surface area contributed by atoms with Crippen LogP contribution < -0.4 is 20.8 Å². The monoisotopic (exact) mass is 358 g/mol. The molecule has 2 aromatic rings. The molecule has 140 valence electrons. The van der Waals surface area contributed by atoms with E-state index in [1.165, 1.54) is 6.92 Å². The van der Waals surface area contributed by atoms with Crippen LogP contribution in [0.15, 0.2) is 34.6 Å². The standard InChI is InChI=1S/C20H26N2O4/c1-5-6-10-22-17-12-15(21)7-8-16(17)18(25-11-9-13(2)3)19(20(22)24)26-14(4)23/h7-9,12H,5-6,10-11,21H2,1-4H3. The van der Waals surface area contributed by atoms with Gasteiger partial charge < -0.3 is 19.8 Å². The van der Waals surface area contributed by atoms with Crippen molar-refractivity contribution in [2.45, 2.75) is 47.1 Å². The molecule has 1 heterocycles. The average Bonchev–Trinajstić information content (AvgIpc) is 2.56. The molecule has 0 unspecified atom stereocenters. The van der Waals surface area contributed by atoms with Crippen molar-refractivity contribution < 1.29 is 14.3 Å². The third-order valence-electron chi connectivity index (χ3n) is 3.90. The SMILES string of the molecule is CCCCn1c(=O)c(OC(C)=O)c(OCC=C(C)C)c2ccc(N)cc21. The molecule has 1 aromatic heterocycles. The molecule has 0 atom stereocenters. The molecule has 0 fully saturated rings. The van der Waals surface area contributed by atoms with E-state index in [1.807, 2.05) is 26.8 Å². The lowest BCUT2D eigenvalue weighted by molar-refractivity contribution is -0.132. The van der Waals surface area contributed by atoms with Crippen LogP contribution in [0.2, 0.25) is 0 Å². The minimum absolute atomic E-state index is 0.0759. The number of carbonyl (C=O) groups is 1. The van der Waals surface area contributed by atoms with Crippen molar-refractivity contribution in [2.24, 2.45) is 0 Å². The van der Waals surface area contributed by atoms with E-state index < -0.39 is 5.97 Å². The number of unbranched alkanes of at least 4 members (excludes halogenated alkanes) is 1. The Morgan fingerprint density at radius 3 is 2.58 bits per heavy atom. The molecular weight excluding hydrogens is 332 g/mol. The number of nitrogens with two attached hydrogens (primary N) is 1. The number of nitrogen functional groups attached to an aromatic ring is 1. The van der Waals surface area contributed by atoms with Crippen LogP contribution in [0.5, 0.6) is 11.5 Å². The predicted molar refractivity (Wildman–Crippen MR) is 104 cm³/mol. The quantitative estimate of drug-likeness (QED) is 0.464. The van der Waals surface area contributed by atoms with Crippen LogP contribution in [-0.2, 0) is 11.3 Å². The molecule has 0 saturated carbocycles. The zero-order valence-corrected chi connectivity index (χ0v) is 15.8. The number of nitrogens with zero attached hydrogens (tertiary/aromatic N) is 1. The molecule has 0 aliphatic carbocycles. The lowest BCUT2D eigenvalue weighted by atomic mass is 10.1.